The third kappa shape index (κ3) is 2.91. The summed E-state index contributed by atoms with van der Waals surface area (Å²) in [6.07, 6.45) is 3.12. The molecule has 5 nitrogen and oxygen atoms in total. The summed E-state index contributed by atoms with van der Waals surface area (Å²) in [4.78, 5) is 34.2. The maximum absolute atomic E-state index is 13.1. The van der Waals surface area contributed by atoms with Gasteiger partial charge < -0.3 is 0 Å². The summed E-state index contributed by atoms with van der Waals surface area (Å²) in [5, 5.41) is 0. The van der Waals surface area contributed by atoms with Gasteiger partial charge in [0.1, 0.15) is 5.69 Å². The number of aromatic nitrogens is 3. The number of benzene rings is 2. The molecule has 4 aromatic rings. The molecule has 2 heterocycles. The van der Waals surface area contributed by atoms with E-state index in [2.05, 4.69) is 9.97 Å². The average Bonchev–Trinajstić information content (AvgIpc) is 2.71. The molecule has 4 rings (SSSR count). The van der Waals surface area contributed by atoms with E-state index in [-0.39, 0.29) is 17.9 Å². The third-order valence-corrected chi connectivity index (χ3v) is 4.18. The molecule has 0 atom stereocenters. The zero-order chi connectivity index (χ0) is 17.9. The maximum Gasteiger partial charge on any atom is 0.278 e. The van der Waals surface area contributed by atoms with Crippen LogP contribution in [-0.4, -0.2) is 20.3 Å². The highest BCUT2D eigenvalue weighted by atomic mass is 16.1. The van der Waals surface area contributed by atoms with Crippen LogP contribution in [-0.2, 0) is 6.54 Å². The zero-order valence-electron chi connectivity index (χ0n) is 13.9. The first-order valence-corrected chi connectivity index (χ1v) is 8.22. The molecule has 0 unspecified atom stereocenters. The Morgan fingerprint density at radius 2 is 1.69 bits per heavy atom. The largest absolute Gasteiger partial charge is 0.297 e. The second-order valence-electron chi connectivity index (χ2n) is 5.87. The van der Waals surface area contributed by atoms with Crippen LogP contribution in [0.5, 0.6) is 0 Å². The fourth-order valence-electron chi connectivity index (χ4n) is 2.90. The molecule has 26 heavy (non-hydrogen) atoms. The second kappa shape index (κ2) is 6.72. The highest BCUT2D eigenvalue weighted by molar-refractivity contribution is 5.96. The number of carbonyl (C=O) groups excluding carboxylic acids is 1. The standard InChI is InChI=1S/C21H15N3O2/c25-19(16-9-6-12-22-13-16)14-24-18-11-5-4-10-17(18)23-20(21(24)26)15-7-2-1-3-8-15/h1-13H,14H2. The molecule has 0 aliphatic carbocycles. The quantitative estimate of drug-likeness (QED) is 0.534. The van der Waals surface area contributed by atoms with Crippen molar-refractivity contribution in [3.05, 3.63) is 95.0 Å². The van der Waals surface area contributed by atoms with Crippen LogP contribution in [0.1, 0.15) is 10.4 Å². The molecule has 0 saturated heterocycles. The second-order valence-corrected chi connectivity index (χ2v) is 5.87. The Morgan fingerprint density at radius 3 is 2.46 bits per heavy atom. The van der Waals surface area contributed by atoms with Gasteiger partial charge >= 0.3 is 0 Å². The minimum absolute atomic E-state index is 0.0621. The minimum Gasteiger partial charge on any atom is -0.297 e. The van der Waals surface area contributed by atoms with Crippen LogP contribution in [0.4, 0.5) is 0 Å². The van der Waals surface area contributed by atoms with Crippen molar-refractivity contribution in [2.24, 2.45) is 0 Å². The summed E-state index contributed by atoms with van der Waals surface area (Å²) < 4.78 is 1.49. The van der Waals surface area contributed by atoms with Crippen molar-refractivity contribution >= 4 is 16.8 Å². The summed E-state index contributed by atoms with van der Waals surface area (Å²) in [5.41, 5.74) is 2.56. The van der Waals surface area contributed by atoms with E-state index in [0.29, 0.717) is 22.3 Å². The van der Waals surface area contributed by atoms with E-state index in [9.17, 15) is 9.59 Å². The summed E-state index contributed by atoms with van der Waals surface area (Å²) in [6.45, 7) is -0.0621. The fourth-order valence-corrected chi connectivity index (χ4v) is 2.90. The molecule has 0 radical (unpaired) electrons. The van der Waals surface area contributed by atoms with Crippen LogP contribution in [0, 0.1) is 0 Å². The number of pyridine rings is 1. The van der Waals surface area contributed by atoms with Crippen molar-refractivity contribution in [3.63, 3.8) is 0 Å². The molecule has 0 amide bonds. The summed E-state index contributed by atoms with van der Waals surface area (Å²) >= 11 is 0. The highest BCUT2D eigenvalue weighted by Crippen LogP contribution is 2.17. The summed E-state index contributed by atoms with van der Waals surface area (Å²) in [6, 6.07) is 20.0. The van der Waals surface area contributed by atoms with Gasteiger partial charge in [-0.1, -0.05) is 42.5 Å². The third-order valence-electron chi connectivity index (χ3n) is 4.18. The van der Waals surface area contributed by atoms with Crippen LogP contribution in [0.15, 0.2) is 83.9 Å². The van der Waals surface area contributed by atoms with E-state index < -0.39 is 0 Å². The Hall–Kier alpha value is -3.60. The molecular formula is C21H15N3O2. The molecule has 0 N–H and O–H groups in total. The van der Waals surface area contributed by atoms with Crippen LogP contribution in [0.3, 0.4) is 0 Å². The Bertz CT molecular complexity index is 1140. The van der Waals surface area contributed by atoms with Gasteiger partial charge in [0.05, 0.1) is 17.6 Å². The van der Waals surface area contributed by atoms with E-state index in [1.54, 1.807) is 24.4 Å². The number of ketones is 1. The van der Waals surface area contributed by atoms with Gasteiger partial charge in [-0.2, -0.15) is 0 Å². The number of rotatable bonds is 4. The lowest BCUT2D eigenvalue weighted by atomic mass is 10.1. The lowest BCUT2D eigenvalue weighted by Gasteiger charge is -2.12. The molecule has 2 aromatic heterocycles. The molecular weight excluding hydrogens is 326 g/mol. The van der Waals surface area contributed by atoms with Crippen LogP contribution in [0.2, 0.25) is 0 Å². The summed E-state index contributed by atoms with van der Waals surface area (Å²) in [7, 11) is 0. The number of hydrogen-bond acceptors (Lipinski definition) is 4. The van der Waals surface area contributed by atoms with Gasteiger partial charge in [0.15, 0.2) is 5.78 Å². The smallest absolute Gasteiger partial charge is 0.278 e. The number of hydrogen-bond donors (Lipinski definition) is 0. The normalized spacial score (nSPS) is 10.8. The van der Waals surface area contributed by atoms with E-state index in [0.717, 1.165) is 5.56 Å². The molecule has 0 spiro atoms. The Labute approximate surface area is 149 Å². The van der Waals surface area contributed by atoms with E-state index >= 15 is 0 Å². The summed E-state index contributed by atoms with van der Waals surface area (Å²) in [5.74, 6) is -0.171. The SMILES string of the molecule is O=C(Cn1c(=O)c(-c2ccccc2)nc2ccccc21)c1cccnc1. The molecule has 0 aliphatic rings. The first-order valence-electron chi connectivity index (χ1n) is 8.22. The fraction of sp³-hybridized carbons (Fsp3) is 0.0476. The molecule has 0 bridgehead atoms. The monoisotopic (exact) mass is 341 g/mol. The van der Waals surface area contributed by atoms with Crippen molar-refractivity contribution in [1.82, 2.24) is 14.5 Å². The number of Topliss-reactive ketones (excluding diaryl/α,β-unsaturated/α-hetero) is 1. The first-order chi connectivity index (χ1) is 12.7. The van der Waals surface area contributed by atoms with E-state index in [1.807, 2.05) is 48.5 Å². The Kier molecular flexibility index (Phi) is 4.11. The van der Waals surface area contributed by atoms with Crippen LogP contribution < -0.4 is 5.56 Å². The van der Waals surface area contributed by atoms with Crippen molar-refractivity contribution in [2.75, 3.05) is 0 Å². The highest BCUT2D eigenvalue weighted by Gasteiger charge is 2.15. The zero-order valence-corrected chi connectivity index (χ0v) is 13.9. The Morgan fingerprint density at radius 1 is 0.923 bits per heavy atom. The topological polar surface area (TPSA) is 64.8 Å². The maximum atomic E-state index is 13.1. The number of para-hydroxylation sites is 2. The van der Waals surface area contributed by atoms with E-state index in [1.165, 1.54) is 10.8 Å². The van der Waals surface area contributed by atoms with Crippen molar-refractivity contribution in [2.45, 2.75) is 6.54 Å². The van der Waals surface area contributed by atoms with Gasteiger partial charge in [-0.25, -0.2) is 4.98 Å². The lowest BCUT2D eigenvalue weighted by molar-refractivity contribution is 0.0972. The molecule has 2 aromatic carbocycles. The predicted molar refractivity (Wildman–Crippen MR) is 100 cm³/mol. The predicted octanol–water partition coefficient (Wildman–Crippen LogP) is 3.34. The molecule has 0 aliphatic heterocycles. The van der Waals surface area contributed by atoms with Gasteiger partial charge in [-0.3, -0.25) is 19.1 Å². The molecule has 0 fully saturated rings. The van der Waals surface area contributed by atoms with Gasteiger partial charge in [0.25, 0.3) is 5.56 Å². The number of carbonyl (C=O) groups is 1. The average molecular weight is 341 g/mol. The van der Waals surface area contributed by atoms with Crippen molar-refractivity contribution in [3.8, 4) is 11.3 Å². The Balaban J connectivity index is 1.89. The number of nitrogens with zero attached hydrogens (tertiary/aromatic N) is 3. The van der Waals surface area contributed by atoms with Crippen LogP contribution in [0.25, 0.3) is 22.3 Å². The minimum atomic E-state index is -0.285. The van der Waals surface area contributed by atoms with Gasteiger partial charge in [0, 0.05) is 23.5 Å². The van der Waals surface area contributed by atoms with Crippen molar-refractivity contribution < 1.29 is 4.79 Å². The number of fused-ring (bicyclic) bond motifs is 1. The van der Waals surface area contributed by atoms with E-state index in [4.69, 9.17) is 0 Å². The molecule has 5 heteroatoms. The van der Waals surface area contributed by atoms with Gasteiger partial charge in [-0.15, -0.1) is 0 Å². The molecule has 0 saturated carbocycles. The molecule has 126 valence electrons. The van der Waals surface area contributed by atoms with Gasteiger partial charge in [0.2, 0.25) is 0 Å². The first kappa shape index (κ1) is 15.9. The van der Waals surface area contributed by atoms with Crippen LogP contribution >= 0.6 is 0 Å². The lowest BCUT2D eigenvalue weighted by Crippen LogP contribution is -2.27. The van der Waals surface area contributed by atoms with Crippen molar-refractivity contribution in [1.29, 1.82) is 0 Å². The van der Waals surface area contributed by atoms with Gasteiger partial charge in [-0.05, 0) is 24.3 Å².